The lowest BCUT2D eigenvalue weighted by Gasteiger charge is -2.44. The third-order valence-electron chi connectivity index (χ3n) is 5.42. The molecule has 3 rings (SSSR count). The summed E-state index contributed by atoms with van der Waals surface area (Å²) in [6.45, 7) is 3.71. The largest absolute Gasteiger partial charge is 0.497 e. The third-order valence-corrected chi connectivity index (χ3v) is 5.42. The van der Waals surface area contributed by atoms with Gasteiger partial charge in [0.05, 0.1) is 31.6 Å². The van der Waals surface area contributed by atoms with E-state index in [1.54, 1.807) is 14.2 Å². The quantitative estimate of drug-likeness (QED) is 0.735. The zero-order valence-electron chi connectivity index (χ0n) is 16.0. The van der Waals surface area contributed by atoms with Crippen LogP contribution in [0.2, 0.25) is 0 Å². The number of nitrogens with zero attached hydrogens (tertiary/aromatic N) is 2. The number of piperidine rings is 1. The number of carbonyl (C=O) groups excluding carboxylic acids is 1. The molecule has 6 nitrogen and oxygen atoms in total. The molecule has 142 valence electrons. The molecular formula is C21H24N2O4. The van der Waals surface area contributed by atoms with E-state index < -0.39 is 12.1 Å². The van der Waals surface area contributed by atoms with E-state index in [9.17, 15) is 9.70 Å². The van der Waals surface area contributed by atoms with Gasteiger partial charge in [-0.2, -0.15) is 0 Å². The number of benzene rings is 2. The molecule has 0 radical (unpaired) electrons. The van der Waals surface area contributed by atoms with Crippen LogP contribution < -0.4 is 9.47 Å². The Labute approximate surface area is 159 Å². The van der Waals surface area contributed by atoms with E-state index in [2.05, 4.69) is 5.29 Å². The monoisotopic (exact) mass is 368 g/mol. The number of ether oxygens (including phenoxy) is 2. The lowest BCUT2D eigenvalue weighted by atomic mass is 9.75. The minimum Gasteiger partial charge on any atom is -0.497 e. The van der Waals surface area contributed by atoms with Crippen LogP contribution in [-0.2, 0) is 4.79 Å². The Morgan fingerprint density at radius 2 is 1.15 bits per heavy atom. The van der Waals surface area contributed by atoms with Crippen LogP contribution in [0.4, 0.5) is 0 Å². The molecule has 0 spiro atoms. The molecule has 1 saturated heterocycles. The van der Waals surface area contributed by atoms with Crippen LogP contribution in [-0.4, -0.2) is 25.0 Å². The molecule has 2 aromatic rings. The second-order valence-corrected chi connectivity index (χ2v) is 6.88. The van der Waals surface area contributed by atoms with Crippen molar-refractivity contribution in [3.05, 3.63) is 64.6 Å². The number of rotatable bonds is 5. The minimum absolute atomic E-state index is 0.122. The van der Waals surface area contributed by atoms with Crippen LogP contribution in [0.15, 0.2) is 53.8 Å². The van der Waals surface area contributed by atoms with Gasteiger partial charge in [0.15, 0.2) is 0 Å². The third kappa shape index (κ3) is 3.39. The van der Waals surface area contributed by atoms with Gasteiger partial charge in [0, 0.05) is 11.8 Å². The summed E-state index contributed by atoms with van der Waals surface area (Å²) in [6, 6.07) is 14.0. The summed E-state index contributed by atoms with van der Waals surface area (Å²) in [7, 11) is 3.20. The van der Waals surface area contributed by atoms with Crippen LogP contribution in [0, 0.1) is 16.7 Å². The molecule has 0 N–H and O–H groups in total. The highest BCUT2D eigenvalue weighted by Gasteiger charge is 2.46. The van der Waals surface area contributed by atoms with Gasteiger partial charge in [0.1, 0.15) is 17.3 Å². The van der Waals surface area contributed by atoms with Crippen molar-refractivity contribution >= 4 is 5.78 Å². The van der Waals surface area contributed by atoms with Crippen molar-refractivity contribution < 1.29 is 14.3 Å². The fourth-order valence-electron chi connectivity index (χ4n) is 3.94. The second-order valence-electron chi connectivity index (χ2n) is 6.88. The van der Waals surface area contributed by atoms with Gasteiger partial charge in [-0.15, -0.1) is 4.91 Å². The van der Waals surface area contributed by atoms with Gasteiger partial charge in [0.25, 0.3) is 0 Å². The molecule has 6 heteroatoms. The molecule has 1 aliphatic heterocycles. The Kier molecular flexibility index (Phi) is 5.44. The Hall–Kier alpha value is -2.89. The SMILES string of the molecule is COc1ccc([C@@H]2[C@H](C)C(=O)[C@@H](C)[C@H](c3ccc(OC)cc3)N2N=O)cc1. The fourth-order valence-corrected chi connectivity index (χ4v) is 3.94. The zero-order chi connectivity index (χ0) is 19.6. The average Bonchev–Trinajstić information content (AvgIpc) is 2.72. The molecule has 0 bridgehead atoms. The summed E-state index contributed by atoms with van der Waals surface area (Å²) < 4.78 is 10.4. The summed E-state index contributed by atoms with van der Waals surface area (Å²) in [5.41, 5.74) is 1.73. The van der Waals surface area contributed by atoms with Crippen molar-refractivity contribution in [2.75, 3.05) is 14.2 Å². The van der Waals surface area contributed by atoms with Crippen molar-refractivity contribution in [2.24, 2.45) is 17.1 Å². The summed E-state index contributed by atoms with van der Waals surface area (Å²) >= 11 is 0. The smallest absolute Gasteiger partial charge is 0.143 e. The topological polar surface area (TPSA) is 68.2 Å². The molecule has 4 atom stereocenters. The van der Waals surface area contributed by atoms with Crippen molar-refractivity contribution in [1.82, 2.24) is 5.01 Å². The normalized spacial score (nSPS) is 25.2. The molecular weight excluding hydrogens is 344 g/mol. The van der Waals surface area contributed by atoms with E-state index in [-0.39, 0.29) is 17.6 Å². The lowest BCUT2D eigenvalue weighted by molar-refractivity contribution is -0.138. The molecule has 0 saturated carbocycles. The number of ketones is 1. The first-order valence-electron chi connectivity index (χ1n) is 8.95. The van der Waals surface area contributed by atoms with Gasteiger partial charge >= 0.3 is 0 Å². The van der Waals surface area contributed by atoms with Crippen LogP contribution in [0.1, 0.15) is 37.1 Å². The first-order valence-corrected chi connectivity index (χ1v) is 8.95. The Bertz CT molecular complexity index is 740. The zero-order valence-corrected chi connectivity index (χ0v) is 16.0. The Morgan fingerprint density at radius 3 is 1.44 bits per heavy atom. The number of methoxy groups -OCH3 is 2. The van der Waals surface area contributed by atoms with E-state index in [0.29, 0.717) is 0 Å². The van der Waals surface area contributed by atoms with E-state index in [1.165, 1.54) is 5.01 Å². The highest BCUT2D eigenvalue weighted by atomic mass is 16.5. The highest BCUT2D eigenvalue weighted by Crippen LogP contribution is 2.46. The van der Waals surface area contributed by atoms with Gasteiger partial charge < -0.3 is 9.47 Å². The van der Waals surface area contributed by atoms with E-state index in [0.717, 1.165) is 22.6 Å². The molecule has 0 aliphatic carbocycles. The van der Waals surface area contributed by atoms with Crippen LogP contribution in [0.25, 0.3) is 0 Å². The molecule has 1 fully saturated rings. The van der Waals surface area contributed by atoms with Crippen LogP contribution in [0.5, 0.6) is 11.5 Å². The predicted octanol–water partition coefficient (Wildman–Crippen LogP) is 4.32. The summed E-state index contributed by atoms with van der Waals surface area (Å²) in [5, 5.41) is 4.88. The maximum absolute atomic E-state index is 13.0. The molecule has 0 aromatic heterocycles. The molecule has 27 heavy (non-hydrogen) atoms. The van der Waals surface area contributed by atoms with Gasteiger partial charge in [-0.1, -0.05) is 38.1 Å². The average molecular weight is 368 g/mol. The maximum atomic E-state index is 13.0. The first-order chi connectivity index (χ1) is 13.0. The Balaban J connectivity index is 2.04. The molecule has 1 heterocycles. The summed E-state index contributed by atoms with van der Waals surface area (Å²) in [5.74, 6) is 0.871. The van der Waals surface area contributed by atoms with Gasteiger partial charge in [-0.25, -0.2) is 5.01 Å². The molecule has 1 aliphatic rings. The lowest BCUT2D eigenvalue weighted by Crippen LogP contribution is -2.46. The number of hydrogen-bond donors (Lipinski definition) is 0. The first kappa shape index (κ1) is 18.9. The molecule has 0 unspecified atom stereocenters. The van der Waals surface area contributed by atoms with Gasteiger partial charge in [-0.05, 0) is 35.4 Å². The second kappa shape index (κ2) is 7.78. The van der Waals surface area contributed by atoms with E-state index in [1.807, 2.05) is 62.4 Å². The van der Waals surface area contributed by atoms with Crippen LogP contribution >= 0.6 is 0 Å². The Morgan fingerprint density at radius 1 is 0.778 bits per heavy atom. The number of Topliss-reactive ketones (excluding diaryl/α,β-unsaturated/α-hetero) is 1. The minimum atomic E-state index is -0.427. The van der Waals surface area contributed by atoms with E-state index in [4.69, 9.17) is 9.47 Å². The highest BCUT2D eigenvalue weighted by molar-refractivity contribution is 5.85. The van der Waals surface area contributed by atoms with Gasteiger partial charge in [0.2, 0.25) is 0 Å². The molecule has 0 amide bonds. The van der Waals surface area contributed by atoms with Crippen molar-refractivity contribution in [2.45, 2.75) is 25.9 Å². The van der Waals surface area contributed by atoms with Crippen molar-refractivity contribution in [3.8, 4) is 11.5 Å². The summed E-state index contributed by atoms with van der Waals surface area (Å²) in [6.07, 6.45) is 0. The van der Waals surface area contributed by atoms with Crippen molar-refractivity contribution in [3.63, 3.8) is 0 Å². The standard InChI is InChI=1S/C21H24N2O4/c1-13-19(15-5-9-17(26-3)10-6-15)23(22-25)20(14(2)21(13)24)16-7-11-18(27-4)12-8-16/h5-14,19-20H,1-4H3/t13-,14-,19-,20+/m0/s1. The molecule has 2 aromatic carbocycles. The number of carbonyl (C=O) groups is 1. The maximum Gasteiger partial charge on any atom is 0.143 e. The van der Waals surface area contributed by atoms with Crippen molar-refractivity contribution in [1.29, 1.82) is 0 Å². The number of nitroso groups, excluding NO2 is 1. The van der Waals surface area contributed by atoms with Gasteiger partial charge in [-0.3, -0.25) is 4.79 Å². The number of hydrogen-bond acceptors (Lipinski definition) is 5. The summed E-state index contributed by atoms with van der Waals surface area (Å²) in [4.78, 5) is 24.9. The fraction of sp³-hybridized carbons (Fsp3) is 0.381. The predicted molar refractivity (Wildman–Crippen MR) is 102 cm³/mol. The van der Waals surface area contributed by atoms with E-state index >= 15 is 0 Å². The van der Waals surface area contributed by atoms with Crippen LogP contribution in [0.3, 0.4) is 0 Å².